The Hall–Kier alpha value is -1.00. The summed E-state index contributed by atoms with van der Waals surface area (Å²) >= 11 is 4.36. The molecule has 1 saturated heterocycles. The number of thiol groups is 1. The lowest BCUT2D eigenvalue weighted by molar-refractivity contribution is 0.0641. The second kappa shape index (κ2) is 7.14. The third-order valence-electron chi connectivity index (χ3n) is 3.93. The quantitative estimate of drug-likeness (QED) is 0.836. The van der Waals surface area contributed by atoms with Crippen LogP contribution >= 0.6 is 12.6 Å². The molecule has 0 atom stereocenters. The van der Waals surface area contributed by atoms with E-state index in [9.17, 15) is 4.79 Å². The van der Waals surface area contributed by atoms with Crippen molar-refractivity contribution in [2.24, 2.45) is 0 Å². The highest BCUT2D eigenvalue weighted by atomic mass is 32.1. The smallest absolute Gasteiger partial charge is 0.254 e. The summed E-state index contributed by atoms with van der Waals surface area (Å²) in [5.74, 6) is 0.159. The molecular weight excluding hydrogens is 268 g/mol. The van der Waals surface area contributed by atoms with E-state index in [1.54, 1.807) is 0 Å². The first-order chi connectivity index (χ1) is 9.63. The summed E-state index contributed by atoms with van der Waals surface area (Å²) in [6, 6.07) is 6.17. The molecule has 0 bridgehead atoms. The number of nitrogens with zero attached hydrogens (tertiary/aromatic N) is 1. The van der Waals surface area contributed by atoms with Crippen LogP contribution in [0.25, 0.3) is 0 Å². The zero-order valence-corrected chi connectivity index (χ0v) is 13.2. The first-order valence-electron chi connectivity index (χ1n) is 7.44. The van der Waals surface area contributed by atoms with Crippen LogP contribution in [0.4, 0.5) is 0 Å². The molecule has 0 unspecified atom stereocenters. The molecule has 110 valence electrons. The van der Waals surface area contributed by atoms with Crippen LogP contribution in [0.5, 0.6) is 0 Å². The van der Waals surface area contributed by atoms with Gasteiger partial charge in [0.05, 0.1) is 0 Å². The van der Waals surface area contributed by atoms with Gasteiger partial charge in [-0.3, -0.25) is 4.79 Å². The van der Waals surface area contributed by atoms with Gasteiger partial charge in [-0.1, -0.05) is 13.0 Å². The lowest BCUT2D eigenvalue weighted by Gasteiger charge is -2.35. The Morgan fingerprint density at radius 3 is 2.75 bits per heavy atom. The van der Waals surface area contributed by atoms with Crippen LogP contribution in [0.1, 0.15) is 42.1 Å². The molecule has 20 heavy (non-hydrogen) atoms. The fourth-order valence-electron chi connectivity index (χ4n) is 2.80. The predicted octanol–water partition coefficient (Wildman–Crippen LogP) is 2.89. The zero-order chi connectivity index (χ0) is 14.5. The van der Waals surface area contributed by atoms with Gasteiger partial charge in [0.2, 0.25) is 0 Å². The normalized spacial score (nSPS) is 16.1. The number of hydrogen-bond acceptors (Lipinski definition) is 3. The summed E-state index contributed by atoms with van der Waals surface area (Å²) in [6.45, 7) is 6.96. The second-order valence-corrected chi connectivity index (χ2v) is 6.00. The van der Waals surface area contributed by atoms with E-state index in [1.165, 1.54) is 0 Å². The summed E-state index contributed by atoms with van der Waals surface area (Å²) in [6.07, 6.45) is 3.09. The molecule has 1 fully saturated rings. The SMILES string of the molecule is CCCN(C(=O)c1cc(S)ccc1C)C1CCNCC1. The van der Waals surface area contributed by atoms with Gasteiger partial charge in [-0.2, -0.15) is 0 Å². The highest BCUT2D eigenvalue weighted by Crippen LogP contribution is 2.20. The van der Waals surface area contributed by atoms with E-state index < -0.39 is 0 Å². The van der Waals surface area contributed by atoms with Gasteiger partial charge < -0.3 is 10.2 Å². The molecular formula is C16H24N2OS. The van der Waals surface area contributed by atoms with Crippen molar-refractivity contribution in [3.8, 4) is 0 Å². The molecule has 2 rings (SSSR count). The van der Waals surface area contributed by atoms with Crippen molar-refractivity contribution in [2.45, 2.75) is 44.0 Å². The molecule has 4 heteroatoms. The average Bonchev–Trinajstić information content (AvgIpc) is 2.47. The van der Waals surface area contributed by atoms with Crippen LogP contribution in [-0.2, 0) is 0 Å². The molecule has 1 amide bonds. The molecule has 1 aromatic carbocycles. The lowest BCUT2D eigenvalue weighted by Crippen LogP contribution is -2.46. The number of nitrogens with one attached hydrogen (secondary N) is 1. The molecule has 1 aliphatic heterocycles. The van der Waals surface area contributed by atoms with Crippen LogP contribution in [0, 0.1) is 6.92 Å². The third kappa shape index (κ3) is 3.55. The van der Waals surface area contributed by atoms with E-state index in [-0.39, 0.29) is 5.91 Å². The minimum absolute atomic E-state index is 0.159. The first-order valence-corrected chi connectivity index (χ1v) is 7.89. The van der Waals surface area contributed by atoms with E-state index in [1.807, 2.05) is 25.1 Å². The summed E-state index contributed by atoms with van der Waals surface area (Å²) < 4.78 is 0. The number of carbonyl (C=O) groups excluding carboxylic acids is 1. The Balaban J connectivity index is 2.23. The molecule has 1 aliphatic rings. The fraction of sp³-hybridized carbons (Fsp3) is 0.562. The van der Waals surface area contributed by atoms with Gasteiger partial charge in [-0.15, -0.1) is 12.6 Å². The van der Waals surface area contributed by atoms with E-state index in [0.29, 0.717) is 6.04 Å². The molecule has 1 heterocycles. The Kier molecular flexibility index (Phi) is 5.49. The number of rotatable bonds is 4. The standard InChI is InChI=1S/C16H24N2OS/c1-3-10-18(13-6-8-17-9-7-13)16(19)15-11-14(20)5-4-12(15)2/h4-5,11,13,17,20H,3,6-10H2,1-2H3. The third-order valence-corrected chi connectivity index (χ3v) is 4.20. The Morgan fingerprint density at radius 2 is 2.10 bits per heavy atom. The highest BCUT2D eigenvalue weighted by molar-refractivity contribution is 7.80. The maximum absolute atomic E-state index is 12.9. The maximum Gasteiger partial charge on any atom is 0.254 e. The van der Waals surface area contributed by atoms with Crippen LogP contribution in [0.15, 0.2) is 23.1 Å². The number of amides is 1. The largest absolute Gasteiger partial charge is 0.336 e. The van der Waals surface area contributed by atoms with E-state index in [2.05, 4.69) is 29.8 Å². The molecule has 0 radical (unpaired) electrons. The molecule has 1 N–H and O–H groups in total. The van der Waals surface area contributed by atoms with Gasteiger partial charge in [0.15, 0.2) is 0 Å². The summed E-state index contributed by atoms with van der Waals surface area (Å²) in [5, 5.41) is 3.36. The van der Waals surface area contributed by atoms with Crippen molar-refractivity contribution in [3.63, 3.8) is 0 Å². The molecule has 1 aromatic rings. The minimum atomic E-state index is 0.159. The maximum atomic E-state index is 12.9. The van der Waals surface area contributed by atoms with Crippen LogP contribution in [0.2, 0.25) is 0 Å². The molecule has 0 spiro atoms. The number of benzene rings is 1. The van der Waals surface area contributed by atoms with Crippen molar-refractivity contribution in [1.29, 1.82) is 0 Å². The highest BCUT2D eigenvalue weighted by Gasteiger charge is 2.26. The van der Waals surface area contributed by atoms with Crippen LogP contribution < -0.4 is 5.32 Å². The first kappa shape index (κ1) is 15.4. The van der Waals surface area contributed by atoms with Gasteiger partial charge in [-0.25, -0.2) is 0 Å². The van der Waals surface area contributed by atoms with Gasteiger partial charge in [0, 0.05) is 23.0 Å². The molecule has 0 aliphatic carbocycles. The van der Waals surface area contributed by atoms with Crippen molar-refractivity contribution in [1.82, 2.24) is 10.2 Å². The monoisotopic (exact) mass is 292 g/mol. The van der Waals surface area contributed by atoms with Gasteiger partial charge in [0.25, 0.3) is 5.91 Å². The van der Waals surface area contributed by atoms with Gasteiger partial charge in [0.1, 0.15) is 0 Å². The van der Waals surface area contributed by atoms with Crippen molar-refractivity contribution in [3.05, 3.63) is 29.3 Å². The summed E-state index contributed by atoms with van der Waals surface area (Å²) in [7, 11) is 0. The lowest BCUT2D eigenvalue weighted by atomic mass is 10.0. The summed E-state index contributed by atoms with van der Waals surface area (Å²) in [4.78, 5) is 15.8. The Morgan fingerprint density at radius 1 is 1.40 bits per heavy atom. The topological polar surface area (TPSA) is 32.3 Å². The van der Waals surface area contributed by atoms with Crippen LogP contribution in [-0.4, -0.2) is 36.5 Å². The Labute approximate surface area is 127 Å². The molecule has 3 nitrogen and oxygen atoms in total. The van der Waals surface area contributed by atoms with E-state index in [0.717, 1.165) is 54.9 Å². The van der Waals surface area contributed by atoms with E-state index in [4.69, 9.17) is 0 Å². The molecule has 0 aromatic heterocycles. The number of hydrogen-bond donors (Lipinski definition) is 2. The predicted molar refractivity (Wildman–Crippen MR) is 85.7 cm³/mol. The Bertz CT molecular complexity index is 470. The second-order valence-electron chi connectivity index (χ2n) is 5.48. The van der Waals surface area contributed by atoms with Crippen molar-refractivity contribution < 1.29 is 4.79 Å². The number of piperidine rings is 1. The molecule has 0 saturated carbocycles. The zero-order valence-electron chi connectivity index (χ0n) is 12.4. The minimum Gasteiger partial charge on any atom is -0.336 e. The number of carbonyl (C=O) groups is 1. The number of aryl methyl sites for hydroxylation is 1. The van der Waals surface area contributed by atoms with Crippen molar-refractivity contribution >= 4 is 18.5 Å². The van der Waals surface area contributed by atoms with Gasteiger partial charge >= 0.3 is 0 Å². The van der Waals surface area contributed by atoms with E-state index >= 15 is 0 Å². The fourth-order valence-corrected chi connectivity index (χ4v) is 3.01. The van der Waals surface area contributed by atoms with Crippen LogP contribution in [0.3, 0.4) is 0 Å². The van der Waals surface area contributed by atoms with Crippen molar-refractivity contribution in [2.75, 3.05) is 19.6 Å². The van der Waals surface area contributed by atoms with Gasteiger partial charge in [-0.05, 0) is 57.0 Å². The average molecular weight is 292 g/mol. The summed E-state index contributed by atoms with van der Waals surface area (Å²) in [5.41, 5.74) is 1.83.